The summed E-state index contributed by atoms with van der Waals surface area (Å²) in [5.74, 6) is -11.4. The van der Waals surface area contributed by atoms with E-state index in [2.05, 4.69) is 25.6 Å². The van der Waals surface area contributed by atoms with Crippen LogP contribution in [-0.4, -0.2) is 29.2 Å². The van der Waals surface area contributed by atoms with E-state index in [0.717, 1.165) is 11.1 Å². The summed E-state index contributed by atoms with van der Waals surface area (Å²) in [5.41, 5.74) is 1.61. The summed E-state index contributed by atoms with van der Waals surface area (Å²) in [6.07, 6.45) is 0. The zero-order valence-corrected chi connectivity index (χ0v) is 20.0. The fraction of sp³-hybridized carbons (Fsp3) is 0.160. The second kappa shape index (κ2) is 11.6. The fourth-order valence-electron chi connectivity index (χ4n) is 3.17. The first kappa shape index (κ1) is 26.4. The van der Waals surface area contributed by atoms with E-state index in [4.69, 9.17) is 14.2 Å². The van der Waals surface area contributed by atoms with Gasteiger partial charge in [-0.2, -0.15) is 23.7 Å². The molecule has 0 atom stereocenters. The minimum atomic E-state index is -2.31. The van der Waals surface area contributed by atoms with Gasteiger partial charge < -0.3 is 24.8 Å². The number of halogens is 5. The van der Waals surface area contributed by atoms with Gasteiger partial charge in [0.15, 0.2) is 0 Å². The first-order valence-electron chi connectivity index (χ1n) is 11.0. The average Bonchev–Trinajstić information content (AvgIpc) is 2.95. The van der Waals surface area contributed by atoms with Crippen molar-refractivity contribution < 1.29 is 36.2 Å². The predicted molar refractivity (Wildman–Crippen MR) is 127 cm³/mol. The zero-order valence-electron chi connectivity index (χ0n) is 20.0. The number of hydrogen-bond donors (Lipinski definition) is 2. The lowest BCUT2D eigenvalue weighted by molar-refractivity contribution is 0.322. The molecular weight excluding hydrogens is 513 g/mol. The minimum absolute atomic E-state index is 0.0908. The molecule has 0 bridgehead atoms. The van der Waals surface area contributed by atoms with E-state index in [0.29, 0.717) is 11.5 Å². The number of hydrogen-bond acceptors (Lipinski definition) is 8. The Morgan fingerprint density at radius 2 is 0.974 bits per heavy atom. The van der Waals surface area contributed by atoms with Crippen LogP contribution in [0.25, 0.3) is 0 Å². The van der Waals surface area contributed by atoms with Crippen molar-refractivity contribution in [2.45, 2.75) is 13.1 Å². The third kappa shape index (κ3) is 5.99. The Balaban J connectivity index is 1.61. The maximum absolute atomic E-state index is 14.2. The first-order chi connectivity index (χ1) is 18.3. The second-order valence-electron chi connectivity index (χ2n) is 7.67. The highest BCUT2D eigenvalue weighted by Crippen LogP contribution is 2.32. The van der Waals surface area contributed by atoms with Gasteiger partial charge in [-0.15, -0.1) is 0 Å². The molecule has 0 unspecified atom stereocenters. The highest BCUT2D eigenvalue weighted by molar-refractivity contribution is 5.40. The Kier molecular flexibility index (Phi) is 8.04. The molecule has 198 valence electrons. The lowest BCUT2D eigenvalue weighted by Crippen LogP contribution is -2.11. The standard InChI is InChI=1S/C25H20F5N5O3/c1-36-15-7-3-13(4-8-15)11-31-23-33-24(32-12-14-5-9-16(37-2)10-6-14)35-25(34-23)38-22-20(29)18(27)17(26)19(28)21(22)30/h3-10H,11-12H2,1-2H3,(H2,31,32,33,34,35). The lowest BCUT2D eigenvalue weighted by atomic mass is 10.2. The summed E-state index contributed by atoms with van der Waals surface area (Å²) in [6.45, 7) is 0.432. The second-order valence-corrected chi connectivity index (χ2v) is 7.67. The SMILES string of the molecule is COc1ccc(CNc2nc(NCc3ccc(OC)cc3)nc(Oc3c(F)c(F)c(F)c(F)c3F)n2)cc1. The summed E-state index contributed by atoms with van der Waals surface area (Å²) in [7, 11) is 3.06. The van der Waals surface area contributed by atoms with Crippen LogP contribution < -0.4 is 24.8 Å². The minimum Gasteiger partial charge on any atom is -0.497 e. The lowest BCUT2D eigenvalue weighted by Gasteiger charge is -2.12. The number of nitrogens with zero attached hydrogens (tertiary/aromatic N) is 3. The predicted octanol–water partition coefficient (Wildman–Crippen LogP) is 5.60. The molecule has 0 saturated carbocycles. The van der Waals surface area contributed by atoms with Crippen molar-refractivity contribution in [3.8, 4) is 23.3 Å². The Hall–Kier alpha value is -4.68. The van der Waals surface area contributed by atoms with Gasteiger partial charge in [0.2, 0.25) is 46.7 Å². The van der Waals surface area contributed by atoms with E-state index in [1.807, 2.05) is 0 Å². The van der Waals surface area contributed by atoms with Gasteiger partial charge in [-0.05, 0) is 35.4 Å². The highest BCUT2D eigenvalue weighted by Gasteiger charge is 2.28. The molecular formula is C25H20F5N5O3. The number of anilines is 2. The maximum Gasteiger partial charge on any atom is 0.328 e. The summed E-state index contributed by atoms with van der Waals surface area (Å²) in [6, 6.07) is 13.4. The molecule has 0 aliphatic carbocycles. The van der Waals surface area contributed by atoms with Gasteiger partial charge in [0.25, 0.3) is 0 Å². The molecule has 0 aliphatic rings. The molecule has 3 aromatic carbocycles. The fourth-order valence-corrected chi connectivity index (χ4v) is 3.17. The summed E-state index contributed by atoms with van der Waals surface area (Å²) >= 11 is 0. The van der Waals surface area contributed by atoms with Crippen LogP contribution in [0.15, 0.2) is 48.5 Å². The molecule has 0 radical (unpaired) electrons. The Morgan fingerprint density at radius 3 is 1.37 bits per heavy atom. The average molecular weight is 533 g/mol. The molecule has 0 amide bonds. The zero-order chi connectivity index (χ0) is 27.2. The molecule has 0 aliphatic heterocycles. The van der Waals surface area contributed by atoms with Crippen LogP contribution in [-0.2, 0) is 13.1 Å². The Bertz CT molecular complexity index is 1320. The van der Waals surface area contributed by atoms with Crippen LogP contribution >= 0.6 is 0 Å². The molecule has 13 heteroatoms. The molecule has 4 aromatic rings. The Labute approximate surface area is 213 Å². The van der Waals surface area contributed by atoms with Gasteiger partial charge in [0, 0.05) is 13.1 Å². The summed E-state index contributed by atoms with van der Waals surface area (Å²) in [5, 5.41) is 5.81. The molecule has 4 rings (SSSR count). The third-order valence-electron chi connectivity index (χ3n) is 5.20. The molecule has 1 heterocycles. The van der Waals surface area contributed by atoms with E-state index in [9.17, 15) is 22.0 Å². The monoisotopic (exact) mass is 533 g/mol. The van der Waals surface area contributed by atoms with Gasteiger partial charge in [-0.1, -0.05) is 24.3 Å². The van der Waals surface area contributed by atoms with E-state index < -0.39 is 40.8 Å². The van der Waals surface area contributed by atoms with Crippen molar-refractivity contribution in [3.05, 3.63) is 88.7 Å². The molecule has 2 N–H and O–H groups in total. The van der Waals surface area contributed by atoms with Gasteiger partial charge >= 0.3 is 6.01 Å². The van der Waals surface area contributed by atoms with E-state index in [1.54, 1.807) is 48.5 Å². The van der Waals surface area contributed by atoms with Gasteiger partial charge in [0.05, 0.1) is 14.2 Å². The third-order valence-corrected chi connectivity index (χ3v) is 5.20. The number of methoxy groups -OCH3 is 2. The number of aromatic nitrogens is 3. The van der Waals surface area contributed by atoms with E-state index in [1.165, 1.54) is 14.2 Å². The van der Waals surface area contributed by atoms with Crippen LogP contribution in [0.3, 0.4) is 0 Å². The molecule has 0 spiro atoms. The molecule has 1 aromatic heterocycles. The van der Waals surface area contributed by atoms with Crippen molar-refractivity contribution in [2.24, 2.45) is 0 Å². The van der Waals surface area contributed by atoms with Crippen LogP contribution in [0.4, 0.5) is 33.8 Å². The van der Waals surface area contributed by atoms with Gasteiger partial charge in [-0.25, -0.2) is 13.2 Å². The van der Waals surface area contributed by atoms with Crippen molar-refractivity contribution >= 4 is 11.9 Å². The van der Waals surface area contributed by atoms with Crippen LogP contribution in [0.5, 0.6) is 23.3 Å². The van der Waals surface area contributed by atoms with E-state index in [-0.39, 0.29) is 25.0 Å². The largest absolute Gasteiger partial charge is 0.497 e. The van der Waals surface area contributed by atoms with E-state index >= 15 is 0 Å². The van der Waals surface area contributed by atoms with Crippen molar-refractivity contribution in [1.82, 2.24) is 15.0 Å². The molecule has 38 heavy (non-hydrogen) atoms. The highest BCUT2D eigenvalue weighted by atomic mass is 19.2. The van der Waals surface area contributed by atoms with Crippen LogP contribution in [0.1, 0.15) is 11.1 Å². The number of rotatable bonds is 10. The van der Waals surface area contributed by atoms with Crippen LogP contribution in [0, 0.1) is 29.1 Å². The Morgan fingerprint density at radius 1 is 0.579 bits per heavy atom. The quantitative estimate of drug-likeness (QED) is 0.155. The maximum atomic E-state index is 14.2. The number of benzene rings is 3. The molecule has 8 nitrogen and oxygen atoms in total. The van der Waals surface area contributed by atoms with Crippen molar-refractivity contribution in [1.29, 1.82) is 0 Å². The smallest absolute Gasteiger partial charge is 0.328 e. The summed E-state index contributed by atoms with van der Waals surface area (Å²) < 4.78 is 84.3. The van der Waals surface area contributed by atoms with Crippen LogP contribution in [0.2, 0.25) is 0 Å². The molecule has 0 saturated heterocycles. The van der Waals surface area contributed by atoms with Crippen molar-refractivity contribution in [3.63, 3.8) is 0 Å². The van der Waals surface area contributed by atoms with Crippen molar-refractivity contribution in [2.75, 3.05) is 24.9 Å². The number of nitrogens with one attached hydrogen (secondary N) is 2. The van der Waals surface area contributed by atoms with Gasteiger partial charge in [-0.3, -0.25) is 0 Å². The normalized spacial score (nSPS) is 10.7. The summed E-state index contributed by atoms with van der Waals surface area (Å²) in [4.78, 5) is 12.0. The first-order valence-corrected chi connectivity index (χ1v) is 11.0. The van der Waals surface area contributed by atoms with Gasteiger partial charge in [0.1, 0.15) is 11.5 Å². The molecule has 0 fully saturated rings. The topological polar surface area (TPSA) is 90.4 Å². The number of ether oxygens (including phenoxy) is 3.